The summed E-state index contributed by atoms with van der Waals surface area (Å²) in [5, 5.41) is 3.79. The highest BCUT2D eigenvalue weighted by Crippen LogP contribution is 2.27. The molecule has 3 aromatic heterocycles. The smallest absolute Gasteiger partial charge is 0.262 e. The number of fused-ring (bicyclic) bond motifs is 1. The van der Waals surface area contributed by atoms with Gasteiger partial charge in [-0.25, -0.2) is 9.97 Å². The number of furan rings is 1. The van der Waals surface area contributed by atoms with Crippen LogP contribution in [0.3, 0.4) is 0 Å². The summed E-state index contributed by atoms with van der Waals surface area (Å²) in [5.41, 5.74) is 1.40. The minimum atomic E-state index is -0.104. The Hall–Kier alpha value is -2.91. The predicted molar refractivity (Wildman–Crippen MR) is 119 cm³/mol. The number of thiazole rings is 1. The molecule has 0 radical (unpaired) electrons. The lowest BCUT2D eigenvalue weighted by Gasteiger charge is -2.14. The first-order valence-electron chi connectivity index (χ1n) is 9.44. The number of aromatic nitrogens is 3. The van der Waals surface area contributed by atoms with Crippen LogP contribution in [0.2, 0.25) is 0 Å². The largest absolute Gasteiger partial charge is 0.467 e. The van der Waals surface area contributed by atoms with Gasteiger partial charge in [0, 0.05) is 24.6 Å². The van der Waals surface area contributed by atoms with E-state index in [2.05, 4.69) is 4.98 Å². The molecule has 0 saturated carbocycles. The van der Waals surface area contributed by atoms with Crippen molar-refractivity contribution in [3.05, 3.63) is 69.8 Å². The molecule has 7 nitrogen and oxygen atoms in total. The number of nitrogens with zero attached hydrogens (tertiary/aromatic N) is 4. The summed E-state index contributed by atoms with van der Waals surface area (Å²) in [7, 11) is 0. The number of carbonyl (C=O) groups excluding carboxylic acids is 1. The first kappa shape index (κ1) is 20.4. The molecule has 9 heteroatoms. The molecule has 4 rings (SSSR count). The first-order chi connectivity index (χ1) is 14.6. The number of amides is 1. The average molecular weight is 441 g/mol. The van der Waals surface area contributed by atoms with Crippen molar-refractivity contribution in [2.45, 2.75) is 31.3 Å². The molecule has 0 aliphatic carbocycles. The van der Waals surface area contributed by atoms with Crippen LogP contribution >= 0.6 is 23.1 Å². The van der Waals surface area contributed by atoms with Crippen LogP contribution in [0.15, 0.2) is 62.4 Å². The van der Waals surface area contributed by atoms with Crippen molar-refractivity contribution in [3.8, 4) is 0 Å². The van der Waals surface area contributed by atoms with Gasteiger partial charge in [-0.3, -0.25) is 19.1 Å². The molecule has 3 heterocycles. The van der Waals surface area contributed by atoms with Gasteiger partial charge in [0.1, 0.15) is 5.76 Å². The van der Waals surface area contributed by atoms with Crippen LogP contribution in [-0.4, -0.2) is 27.0 Å². The van der Waals surface area contributed by atoms with E-state index in [9.17, 15) is 9.59 Å². The van der Waals surface area contributed by atoms with Crippen molar-refractivity contribution in [1.82, 2.24) is 14.5 Å². The molecule has 0 atom stereocenters. The normalized spacial score (nSPS) is 11.1. The maximum atomic E-state index is 13.1. The minimum absolute atomic E-state index is 0.0328. The topological polar surface area (TPSA) is 81.2 Å². The van der Waals surface area contributed by atoms with Gasteiger partial charge in [0.25, 0.3) is 5.56 Å². The summed E-state index contributed by atoms with van der Waals surface area (Å²) in [6, 6.07) is 11.0. The molecular formula is C21H20N4O3S2. The van der Waals surface area contributed by atoms with Crippen molar-refractivity contribution in [1.29, 1.82) is 0 Å². The number of hydrogen-bond donors (Lipinski definition) is 0. The number of rotatable bonds is 7. The summed E-state index contributed by atoms with van der Waals surface area (Å²) in [5.74, 6) is 1.19. The second-order valence-electron chi connectivity index (χ2n) is 6.56. The van der Waals surface area contributed by atoms with Crippen molar-refractivity contribution >= 4 is 45.0 Å². The zero-order valence-electron chi connectivity index (χ0n) is 16.6. The number of benzene rings is 1. The number of anilines is 1. The van der Waals surface area contributed by atoms with E-state index < -0.39 is 0 Å². The van der Waals surface area contributed by atoms with Gasteiger partial charge in [-0.1, -0.05) is 23.9 Å². The van der Waals surface area contributed by atoms with E-state index >= 15 is 0 Å². The predicted octanol–water partition coefficient (Wildman–Crippen LogP) is 4.16. The standard InChI is InChI=1S/C21H20N4O3S2/c1-3-24(14(2)26)20-22-15(12-29-20)13-30-21-23-18-9-5-4-8-17(18)19(27)25(21)11-16-7-6-10-28-16/h4-10,12H,3,11,13H2,1-2H3. The van der Waals surface area contributed by atoms with Crippen molar-refractivity contribution in [3.63, 3.8) is 0 Å². The molecule has 0 spiro atoms. The van der Waals surface area contributed by atoms with Gasteiger partial charge in [0.15, 0.2) is 10.3 Å². The van der Waals surface area contributed by atoms with Gasteiger partial charge < -0.3 is 4.42 Å². The number of thioether (sulfide) groups is 1. The van der Waals surface area contributed by atoms with Gasteiger partial charge >= 0.3 is 0 Å². The lowest BCUT2D eigenvalue weighted by Crippen LogP contribution is -2.27. The Kier molecular flexibility index (Phi) is 6.01. The van der Waals surface area contributed by atoms with Crippen molar-refractivity contribution < 1.29 is 9.21 Å². The minimum Gasteiger partial charge on any atom is -0.467 e. The quantitative estimate of drug-likeness (QED) is 0.317. The van der Waals surface area contributed by atoms with Crippen LogP contribution in [0.5, 0.6) is 0 Å². The van der Waals surface area contributed by atoms with Gasteiger partial charge in [-0.15, -0.1) is 11.3 Å². The fraction of sp³-hybridized carbons (Fsp3) is 0.238. The first-order valence-corrected chi connectivity index (χ1v) is 11.3. The van der Waals surface area contributed by atoms with E-state index in [0.717, 1.165) is 5.69 Å². The Morgan fingerprint density at radius 2 is 2.07 bits per heavy atom. The Balaban J connectivity index is 1.64. The summed E-state index contributed by atoms with van der Waals surface area (Å²) >= 11 is 2.88. The van der Waals surface area contributed by atoms with Gasteiger partial charge in [-0.2, -0.15) is 0 Å². The summed E-state index contributed by atoms with van der Waals surface area (Å²) in [6.45, 7) is 4.34. The third-order valence-electron chi connectivity index (χ3n) is 4.54. The maximum Gasteiger partial charge on any atom is 0.262 e. The highest BCUT2D eigenvalue weighted by molar-refractivity contribution is 7.98. The molecule has 0 aliphatic heterocycles. The van der Waals surface area contributed by atoms with E-state index in [0.29, 0.717) is 45.8 Å². The maximum absolute atomic E-state index is 13.1. The van der Waals surface area contributed by atoms with Crippen LogP contribution < -0.4 is 10.5 Å². The number of carbonyl (C=O) groups is 1. The Labute approximate surface area is 181 Å². The van der Waals surface area contributed by atoms with Crippen LogP contribution in [0.4, 0.5) is 5.13 Å². The highest BCUT2D eigenvalue weighted by atomic mass is 32.2. The number of para-hydroxylation sites is 1. The second-order valence-corrected chi connectivity index (χ2v) is 8.33. The summed E-state index contributed by atoms with van der Waals surface area (Å²) in [4.78, 5) is 35.8. The Bertz CT molecular complexity index is 1230. The van der Waals surface area contributed by atoms with E-state index in [-0.39, 0.29) is 11.5 Å². The molecule has 0 N–H and O–H groups in total. The molecule has 30 heavy (non-hydrogen) atoms. The van der Waals surface area contributed by atoms with Gasteiger partial charge in [-0.05, 0) is 31.2 Å². The zero-order valence-corrected chi connectivity index (χ0v) is 18.2. The zero-order chi connectivity index (χ0) is 21.1. The lowest BCUT2D eigenvalue weighted by atomic mass is 10.2. The van der Waals surface area contributed by atoms with Crippen LogP contribution in [0.25, 0.3) is 10.9 Å². The summed E-state index contributed by atoms with van der Waals surface area (Å²) in [6.07, 6.45) is 1.59. The molecule has 0 unspecified atom stereocenters. The Morgan fingerprint density at radius 3 is 2.80 bits per heavy atom. The SMILES string of the molecule is CCN(C(C)=O)c1nc(CSc2nc3ccccc3c(=O)n2Cc2ccco2)cs1. The molecule has 0 saturated heterocycles. The van der Waals surface area contributed by atoms with Crippen LogP contribution in [0, 0.1) is 0 Å². The molecule has 0 bridgehead atoms. The fourth-order valence-electron chi connectivity index (χ4n) is 3.07. The van der Waals surface area contributed by atoms with E-state index in [4.69, 9.17) is 9.40 Å². The summed E-state index contributed by atoms with van der Waals surface area (Å²) < 4.78 is 7.07. The lowest BCUT2D eigenvalue weighted by molar-refractivity contribution is -0.116. The van der Waals surface area contributed by atoms with E-state index in [1.54, 1.807) is 27.9 Å². The fourth-order valence-corrected chi connectivity index (χ4v) is 5.00. The molecule has 4 aromatic rings. The second kappa shape index (κ2) is 8.85. The van der Waals surface area contributed by atoms with Gasteiger partial charge in [0.2, 0.25) is 5.91 Å². The van der Waals surface area contributed by atoms with Crippen LogP contribution in [-0.2, 0) is 17.1 Å². The monoisotopic (exact) mass is 440 g/mol. The van der Waals surface area contributed by atoms with E-state index in [1.165, 1.54) is 30.0 Å². The average Bonchev–Trinajstić information content (AvgIpc) is 3.41. The number of hydrogen-bond acceptors (Lipinski definition) is 7. The molecule has 154 valence electrons. The van der Waals surface area contributed by atoms with E-state index in [1.807, 2.05) is 36.6 Å². The van der Waals surface area contributed by atoms with Crippen LogP contribution in [0.1, 0.15) is 25.3 Å². The molecule has 1 aromatic carbocycles. The molecular weight excluding hydrogens is 420 g/mol. The van der Waals surface area contributed by atoms with Crippen molar-refractivity contribution in [2.24, 2.45) is 0 Å². The van der Waals surface area contributed by atoms with Gasteiger partial charge in [0.05, 0.1) is 29.4 Å². The molecule has 0 aliphatic rings. The highest BCUT2D eigenvalue weighted by Gasteiger charge is 2.16. The third-order valence-corrected chi connectivity index (χ3v) is 6.46. The third kappa shape index (κ3) is 4.17. The Morgan fingerprint density at radius 1 is 1.23 bits per heavy atom. The van der Waals surface area contributed by atoms with Crippen molar-refractivity contribution in [2.75, 3.05) is 11.4 Å². The molecule has 1 amide bonds. The molecule has 0 fully saturated rings.